The molecule has 0 fully saturated rings. The van der Waals surface area contributed by atoms with Crippen LogP contribution >= 0.6 is 0 Å². The SMILES string of the molecule is CCCCC/C=C\CCCCCCCC(=O)OC(COC(=O)CCCCCCC)COC(=O)CCCCCCCCCCCCCCCCCC. The van der Waals surface area contributed by atoms with Gasteiger partial charge in [0.1, 0.15) is 13.2 Å². The first kappa shape index (κ1) is 49.1. The monoisotopic (exact) mass is 721 g/mol. The fourth-order valence-electron chi connectivity index (χ4n) is 6.38. The number of carbonyl (C=O) groups excluding carboxylic acids is 3. The number of hydrogen-bond donors (Lipinski definition) is 0. The van der Waals surface area contributed by atoms with E-state index in [0.29, 0.717) is 19.3 Å². The maximum atomic E-state index is 12.6. The Morgan fingerprint density at radius 3 is 1.02 bits per heavy atom. The van der Waals surface area contributed by atoms with Crippen molar-refractivity contribution in [1.82, 2.24) is 0 Å². The molecule has 0 aromatic carbocycles. The summed E-state index contributed by atoms with van der Waals surface area (Å²) in [7, 11) is 0. The van der Waals surface area contributed by atoms with Gasteiger partial charge in [-0.05, 0) is 44.9 Å². The minimum atomic E-state index is -0.764. The molecule has 0 aliphatic carbocycles. The Morgan fingerprint density at radius 1 is 0.373 bits per heavy atom. The Balaban J connectivity index is 4.19. The highest BCUT2D eigenvalue weighted by Gasteiger charge is 2.19. The summed E-state index contributed by atoms with van der Waals surface area (Å²) in [6.45, 7) is 6.53. The van der Waals surface area contributed by atoms with Crippen LogP contribution in [0.5, 0.6) is 0 Å². The molecule has 0 heterocycles. The van der Waals surface area contributed by atoms with Crippen molar-refractivity contribution in [2.75, 3.05) is 13.2 Å². The second-order valence-corrected chi connectivity index (χ2v) is 15.0. The normalized spacial score (nSPS) is 12.0. The van der Waals surface area contributed by atoms with E-state index in [1.165, 1.54) is 128 Å². The Bertz CT molecular complexity index is 794. The van der Waals surface area contributed by atoms with Gasteiger partial charge in [0, 0.05) is 19.3 Å². The van der Waals surface area contributed by atoms with Gasteiger partial charge in [0.25, 0.3) is 0 Å². The van der Waals surface area contributed by atoms with Crippen LogP contribution in [0, 0.1) is 0 Å². The summed E-state index contributed by atoms with van der Waals surface area (Å²) in [5.41, 5.74) is 0. The largest absolute Gasteiger partial charge is 0.462 e. The van der Waals surface area contributed by atoms with Crippen molar-refractivity contribution in [3.8, 4) is 0 Å². The van der Waals surface area contributed by atoms with Crippen molar-refractivity contribution in [2.45, 2.75) is 245 Å². The third-order valence-electron chi connectivity index (χ3n) is 9.77. The topological polar surface area (TPSA) is 78.9 Å². The molecule has 1 atom stereocenters. The molecule has 0 spiro atoms. The quantitative estimate of drug-likeness (QED) is 0.0271. The summed E-state index contributed by atoms with van der Waals surface area (Å²) < 4.78 is 16.6. The summed E-state index contributed by atoms with van der Waals surface area (Å²) in [5.74, 6) is -0.887. The minimum absolute atomic E-state index is 0.0703. The molecule has 0 rings (SSSR count). The van der Waals surface area contributed by atoms with E-state index in [2.05, 4.69) is 32.9 Å². The highest BCUT2D eigenvalue weighted by atomic mass is 16.6. The average molecular weight is 721 g/mol. The van der Waals surface area contributed by atoms with Gasteiger partial charge in [-0.25, -0.2) is 0 Å². The van der Waals surface area contributed by atoms with Gasteiger partial charge in [-0.3, -0.25) is 14.4 Å². The standard InChI is InChI=1S/C45H84O6/c1-4-7-10-13-15-17-19-21-22-23-24-26-27-29-32-35-38-44(47)50-41-42(40-49-43(46)37-34-31-12-9-6-3)51-45(48)39-36-33-30-28-25-20-18-16-14-11-8-5-2/h16,18,42H,4-15,17,19-41H2,1-3H3/b18-16-. The molecule has 0 saturated carbocycles. The Labute approximate surface area is 316 Å². The summed E-state index contributed by atoms with van der Waals surface area (Å²) in [6.07, 6.45) is 42.2. The van der Waals surface area contributed by atoms with Gasteiger partial charge in [-0.2, -0.15) is 0 Å². The molecule has 0 aromatic heterocycles. The second kappa shape index (κ2) is 40.9. The summed E-state index contributed by atoms with van der Waals surface area (Å²) in [5, 5.41) is 0. The number of unbranched alkanes of at least 4 members (excludes halogenated alkanes) is 27. The molecule has 0 saturated heterocycles. The van der Waals surface area contributed by atoms with E-state index in [9.17, 15) is 14.4 Å². The molecule has 300 valence electrons. The highest BCUT2D eigenvalue weighted by Crippen LogP contribution is 2.15. The lowest BCUT2D eigenvalue weighted by molar-refractivity contribution is -0.167. The molecule has 0 aromatic rings. The maximum absolute atomic E-state index is 12.6. The van der Waals surface area contributed by atoms with Gasteiger partial charge >= 0.3 is 17.9 Å². The van der Waals surface area contributed by atoms with Crippen LogP contribution < -0.4 is 0 Å². The number of rotatable bonds is 40. The van der Waals surface area contributed by atoms with Crippen molar-refractivity contribution in [1.29, 1.82) is 0 Å². The lowest BCUT2D eigenvalue weighted by Crippen LogP contribution is -2.30. The number of hydrogen-bond acceptors (Lipinski definition) is 6. The molecule has 0 aliphatic heterocycles. The van der Waals surface area contributed by atoms with Crippen LogP contribution in [-0.4, -0.2) is 37.2 Å². The lowest BCUT2D eigenvalue weighted by atomic mass is 10.0. The van der Waals surface area contributed by atoms with Crippen LogP contribution in [0.1, 0.15) is 239 Å². The van der Waals surface area contributed by atoms with E-state index in [0.717, 1.165) is 70.6 Å². The molecule has 0 bridgehead atoms. The van der Waals surface area contributed by atoms with Gasteiger partial charge in [0.15, 0.2) is 6.10 Å². The zero-order valence-corrected chi connectivity index (χ0v) is 34.1. The molecular weight excluding hydrogens is 636 g/mol. The van der Waals surface area contributed by atoms with E-state index >= 15 is 0 Å². The number of allylic oxidation sites excluding steroid dienone is 2. The number of esters is 3. The van der Waals surface area contributed by atoms with Gasteiger partial charge in [-0.1, -0.05) is 187 Å². The third kappa shape index (κ3) is 39.2. The van der Waals surface area contributed by atoms with Crippen molar-refractivity contribution < 1.29 is 28.6 Å². The van der Waals surface area contributed by atoms with Crippen LogP contribution in [-0.2, 0) is 28.6 Å². The number of carbonyl (C=O) groups is 3. The molecule has 6 nitrogen and oxygen atoms in total. The molecule has 0 N–H and O–H groups in total. The highest BCUT2D eigenvalue weighted by molar-refractivity contribution is 5.71. The van der Waals surface area contributed by atoms with Crippen LogP contribution in [0.2, 0.25) is 0 Å². The van der Waals surface area contributed by atoms with Gasteiger partial charge in [0.2, 0.25) is 0 Å². The molecule has 0 aliphatic rings. The summed E-state index contributed by atoms with van der Waals surface area (Å²) in [6, 6.07) is 0. The fraction of sp³-hybridized carbons (Fsp3) is 0.889. The smallest absolute Gasteiger partial charge is 0.306 e. The Kier molecular flexibility index (Phi) is 39.4. The lowest BCUT2D eigenvalue weighted by Gasteiger charge is -2.18. The maximum Gasteiger partial charge on any atom is 0.306 e. The third-order valence-corrected chi connectivity index (χ3v) is 9.77. The van der Waals surface area contributed by atoms with Crippen LogP contribution in [0.25, 0.3) is 0 Å². The molecule has 6 heteroatoms. The van der Waals surface area contributed by atoms with Crippen molar-refractivity contribution in [3.05, 3.63) is 12.2 Å². The van der Waals surface area contributed by atoms with E-state index in [-0.39, 0.29) is 31.1 Å². The van der Waals surface area contributed by atoms with Crippen LogP contribution in [0.15, 0.2) is 12.2 Å². The molecule has 51 heavy (non-hydrogen) atoms. The molecule has 0 amide bonds. The first-order chi connectivity index (χ1) is 25.0. The van der Waals surface area contributed by atoms with Crippen LogP contribution in [0.4, 0.5) is 0 Å². The van der Waals surface area contributed by atoms with Crippen LogP contribution in [0.3, 0.4) is 0 Å². The first-order valence-electron chi connectivity index (χ1n) is 22.2. The first-order valence-corrected chi connectivity index (χ1v) is 22.2. The predicted molar refractivity (Wildman–Crippen MR) is 215 cm³/mol. The average Bonchev–Trinajstić information content (AvgIpc) is 3.12. The summed E-state index contributed by atoms with van der Waals surface area (Å²) >= 11 is 0. The van der Waals surface area contributed by atoms with E-state index in [4.69, 9.17) is 14.2 Å². The fourth-order valence-corrected chi connectivity index (χ4v) is 6.38. The zero-order valence-electron chi connectivity index (χ0n) is 34.1. The van der Waals surface area contributed by atoms with E-state index < -0.39 is 6.10 Å². The summed E-state index contributed by atoms with van der Waals surface area (Å²) in [4.78, 5) is 37.4. The van der Waals surface area contributed by atoms with Gasteiger partial charge in [-0.15, -0.1) is 0 Å². The van der Waals surface area contributed by atoms with Crippen molar-refractivity contribution in [2.24, 2.45) is 0 Å². The van der Waals surface area contributed by atoms with Gasteiger partial charge in [0.05, 0.1) is 0 Å². The zero-order chi connectivity index (χ0) is 37.3. The number of ether oxygens (including phenoxy) is 3. The predicted octanol–water partition coefficient (Wildman–Crippen LogP) is 13.9. The Morgan fingerprint density at radius 2 is 0.647 bits per heavy atom. The molecule has 0 radical (unpaired) electrons. The van der Waals surface area contributed by atoms with Gasteiger partial charge < -0.3 is 14.2 Å². The second-order valence-electron chi connectivity index (χ2n) is 15.0. The van der Waals surface area contributed by atoms with Crippen molar-refractivity contribution in [3.63, 3.8) is 0 Å². The van der Waals surface area contributed by atoms with E-state index in [1.807, 2.05) is 0 Å². The Hall–Kier alpha value is -1.85. The van der Waals surface area contributed by atoms with Crippen molar-refractivity contribution >= 4 is 17.9 Å². The minimum Gasteiger partial charge on any atom is -0.462 e. The molecular formula is C45H84O6. The van der Waals surface area contributed by atoms with E-state index in [1.54, 1.807) is 0 Å². The molecule has 1 unspecified atom stereocenters.